The molecule has 0 aliphatic heterocycles. The van der Waals surface area contributed by atoms with Crippen molar-refractivity contribution in [2.24, 2.45) is 0 Å². The molecule has 0 saturated carbocycles. The van der Waals surface area contributed by atoms with Gasteiger partial charge in [0.05, 0.1) is 5.69 Å². The maximum atomic E-state index is 4.52. The second-order valence-electron chi connectivity index (χ2n) is 35.2. The predicted molar refractivity (Wildman–Crippen MR) is 370 cm³/mol. The summed E-state index contributed by atoms with van der Waals surface area (Å²) in [6, 6.07) is 21.6. The second kappa shape index (κ2) is 28.3. The van der Waals surface area contributed by atoms with E-state index in [-0.39, 0.29) is 65.0 Å². The van der Waals surface area contributed by atoms with Crippen LogP contribution in [0.3, 0.4) is 0 Å². The molecule has 0 atom stereocenters. The van der Waals surface area contributed by atoms with Gasteiger partial charge in [-0.15, -0.1) is 11.3 Å². The van der Waals surface area contributed by atoms with Crippen LogP contribution in [0.4, 0.5) is 0 Å². The third kappa shape index (κ3) is 25.1. The van der Waals surface area contributed by atoms with Crippen molar-refractivity contribution < 1.29 is 0 Å². The highest BCUT2D eigenvalue weighted by Crippen LogP contribution is 2.39. The Bertz CT molecular complexity index is 2300. The summed E-state index contributed by atoms with van der Waals surface area (Å²) < 4.78 is 0. The van der Waals surface area contributed by atoms with E-state index in [1.807, 2.05) is 48.4 Å². The Labute approximate surface area is 517 Å². The van der Waals surface area contributed by atoms with Gasteiger partial charge in [0, 0.05) is 58.6 Å². The third-order valence-corrected chi connectivity index (χ3v) is 15.5. The summed E-state index contributed by atoms with van der Waals surface area (Å²) in [4.78, 5) is 14.5. The van der Waals surface area contributed by atoms with E-state index >= 15 is 0 Å². The van der Waals surface area contributed by atoms with Crippen molar-refractivity contribution in [1.82, 2.24) is 25.1 Å². The fraction of sp³-hybridized carbons (Fsp3) is 0.623. The summed E-state index contributed by atoms with van der Waals surface area (Å²) in [5.74, 6) is 0. The van der Waals surface area contributed by atoms with Crippen molar-refractivity contribution in [1.29, 1.82) is 0 Å². The van der Waals surface area contributed by atoms with Crippen LogP contribution in [0.25, 0.3) is 0 Å². The fourth-order valence-electron chi connectivity index (χ4n) is 9.66. The highest BCUT2D eigenvalue weighted by Gasteiger charge is 2.30. The lowest BCUT2D eigenvalue weighted by Gasteiger charge is -2.29. The number of pyridine rings is 3. The second-order valence-corrected chi connectivity index (χ2v) is 36.2. The van der Waals surface area contributed by atoms with E-state index in [1.165, 1.54) is 60.6 Å². The van der Waals surface area contributed by atoms with Crippen molar-refractivity contribution in [3.05, 3.63) is 170 Å². The number of hydrogen-bond donors (Lipinski definition) is 0. The van der Waals surface area contributed by atoms with E-state index in [9.17, 15) is 0 Å². The van der Waals surface area contributed by atoms with Crippen LogP contribution in [0.5, 0.6) is 0 Å². The number of hydrogen-bond acceptors (Lipinski definition) is 6. The minimum atomic E-state index is 0.0663. The van der Waals surface area contributed by atoms with Crippen molar-refractivity contribution in [3.8, 4) is 0 Å². The van der Waals surface area contributed by atoms with Crippen molar-refractivity contribution in [3.63, 3.8) is 0 Å². The molecule has 5 heterocycles. The van der Waals surface area contributed by atoms with E-state index in [0.29, 0.717) is 0 Å². The SMILES string of the molecule is CC(C)(C)c1ccccc1C(C)(C)C.CC(C)(C)c1cccnc1C(C)(C)C.CC(C)(C)c1ccncc1C(C)(C)C.CC(C)(C)c1ccncc1C(C)(C)C.CC(C)(C)c1ccnnc1C(C)(C)C.CC(C)(C)c1ccsc1C(C)(C)C. The highest BCUT2D eigenvalue weighted by atomic mass is 32.1. The van der Waals surface area contributed by atoms with Crippen LogP contribution in [0, 0.1) is 0 Å². The Balaban J connectivity index is 0.000000498. The van der Waals surface area contributed by atoms with Crippen molar-refractivity contribution in [2.75, 3.05) is 0 Å². The van der Waals surface area contributed by atoms with Gasteiger partial charge in [-0.1, -0.05) is 280 Å². The Kier molecular flexibility index (Phi) is 26.1. The molecular weight excluding hydrogens is 1030 g/mol. The van der Waals surface area contributed by atoms with E-state index in [0.717, 1.165) is 5.69 Å². The van der Waals surface area contributed by atoms with Crippen LogP contribution < -0.4 is 0 Å². The quantitative estimate of drug-likeness (QED) is 0.152. The lowest BCUT2D eigenvalue weighted by atomic mass is 9.75. The summed E-state index contributed by atoms with van der Waals surface area (Å²) in [5, 5.41) is 10.5. The molecule has 0 radical (unpaired) electrons. The maximum Gasteiger partial charge on any atom is 0.0721 e. The molecule has 83 heavy (non-hydrogen) atoms. The monoisotopic (exact) mass is 1150 g/mol. The van der Waals surface area contributed by atoms with Crippen molar-refractivity contribution in [2.45, 2.75) is 314 Å². The van der Waals surface area contributed by atoms with Crippen LogP contribution >= 0.6 is 11.3 Å². The normalized spacial score (nSPS) is 13.1. The molecule has 0 unspecified atom stereocenters. The zero-order valence-corrected chi connectivity index (χ0v) is 61.3. The molecule has 0 bridgehead atoms. The highest BCUT2D eigenvalue weighted by molar-refractivity contribution is 7.10. The van der Waals surface area contributed by atoms with Gasteiger partial charge in [-0.3, -0.25) is 15.0 Å². The maximum absolute atomic E-state index is 4.52. The molecule has 6 aromatic rings. The largest absolute Gasteiger partial charge is 0.264 e. The molecule has 5 aromatic heterocycles. The van der Waals surface area contributed by atoms with Crippen LogP contribution in [0.1, 0.15) is 316 Å². The Morgan fingerprint density at radius 2 is 0.554 bits per heavy atom. The van der Waals surface area contributed by atoms with Gasteiger partial charge in [-0.05, 0) is 140 Å². The average Bonchev–Trinajstić information content (AvgIpc) is 4.02. The molecular formula is C77H125N5S. The topological polar surface area (TPSA) is 64.5 Å². The van der Waals surface area contributed by atoms with Gasteiger partial charge in [0.1, 0.15) is 0 Å². The molecule has 0 aliphatic rings. The molecule has 6 rings (SSSR count). The fourth-order valence-corrected chi connectivity index (χ4v) is 10.9. The number of thiophene rings is 1. The predicted octanol–water partition coefficient (Wildman–Crippen LogP) is 22.7. The molecule has 5 nitrogen and oxygen atoms in total. The van der Waals surface area contributed by atoms with Gasteiger partial charge in [0.25, 0.3) is 0 Å². The minimum Gasteiger partial charge on any atom is -0.264 e. The molecule has 0 amide bonds. The lowest BCUT2D eigenvalue weighted by molar-refractivity contribution is 0.505. The van der Waals surface area contributed by atoms with Crippen LogP contribution in [-0.2, 0) is 65.0 Å². The van der Waals surface area contributed by atoms with Gasteiger partial charge >= 0.3 is 0 Å². The van der Waals surface area contributed by atoms with Gasteiger partial charge in [0.2, 0.25) is 0 Å². The average molecular weight is 1150 g/mol. The number of rotatable bonds is 0. The first-order chi connectivity index (χ1) is 36.9. The molecule has 1 aromatic carbocycles. The summed E-state index contributed by atoms with van der Waals surface area (Å²) in [6.45, 7) is 80.7. The molecule has 0 N–H and O–H groups in total. The first kappa shape index (κ1) is 76.5. The number of aromatic nitrogens is 5. The molecule has 6 heteroatoms. The summed E-state index contributed by atoms with van der Waals surface area (Å²) in [6.07, 6.45) is 11.4. The van der Waals surface area contributed by atoms with Crippen LogP contribution in [-0.4, -0.2) is 25.1 Å². The number of benzene rings is 1. The zero-order chi connectivity index (χ0) is 65.2. The van der Waals surface area contributed by atoms with E-state index < -0.39 is 0 Å². The van der Waals surface area contributed by atoms with Gasteiger partial charge < -0.3 is 0 Å². The first-order valence-corrected chi connectivity index (χ1v) is 31.6. The third-order valence-electron chi connectivity index (χ3n) is 14.1. The number of nitrogens with zero attached hydrogens (tertiary/aromatic N) is 5. The smallest absolute Gasteiger partial charge is 0.0721 e. The molecule has 464 valence electrons. The van der Waals surface area contributed by atoms with E-state index in [1.54, 1.807) is 6.20 Å². The van der Waals surface area contributed by atoms with Gasteiger partial charge in [-0.25, -0.2) is 0 Å². The summed E-state index contributed by atoms with van der Waals surface area (Å²) in [5.41, 5.74) is 17.2. The van der Waals surface area contributed by atoms with E-state index in [4.69, 9.17) is 0 Å². The Hall–Kier alpha value is -4.55. The van der Waals surface area contributed by atoms with E-state index in [2.05, 4.69) is 334 Å². The minimum absolute atomic E-state index is 0.0663. The summed E-state index contributed by atoms with van der Waals surface area (Å²) >= 11 is 1.88. The molecule has 0 spiro atoms. The van der Waals surface area contributed by atoms with Crippen molar-refractivity contribution >= 4 is 11.3 Å². The molecule has 0 fully saturated rings. The van der Waals surface area contributed by atoms with Crippen LogP contribution in [0.15, 0.2) is 103 Å². The Morgan fingerprint density at radius 3 is 0.819 bits per heavy atom. The standard InChI is InChI=1S/C14H22.3C13H21N.C12H20N2.C12H20S/c1-13(2,3)11-9-7-8-10-12(11)14(4,5)6;2*1-12(2,3)10-7-8-14-9-11(10)13(4,5)6;1-12(2,3)10-8-7-9-14-11(10)13(4,5)6;1-11(2,3)9-7-8-13-14-10(9)12(4,5)6;1-11(2,3)9-7-8-13-10(9)12(4,5)6/h7-10H,1-6H3;3*7-9H,1-6H3;7-8H,1-6H3;7-8H,1-6H3. The molecule has 0 aliphatic carbocycles. The summed E-state index contributed by atoms with van der Waals surface area (Å²) in [7, 11) is 0. The van der Waals surface area contributed by atoms with Gasteiger partial charge in [0.15, 0.2) is 0 Å². The van der Waals surface area contributed by atoms with Crippen LogP contribution in [0.2, 0.25) is 0 Å². The lowest BCUT2D eigenvalue weighted by Crippen LogP contribution is -2.23. The first-order valence-electron chi connectivity index (χ1n) is 30.7. The Morgan fingerprint density at radius 1 is 0.253 bits per heavy atom. The van der Waals surface area contributed by atoms with Gasteiger partial charge in [-0.2, -0.15) is 10.2 Å². The molecule has 0 saturated heterocycles. The zero-order valence-electron chi connectivity index (χ0n) is 60.5.